The predicted molar refractivity (Wildman–Crippen MR) is 157 cm³/mol. The van der Waals surface area contributed by atoms with Gasteiger partial charge in [-0.15, -0.1) is 11.8 Å². The van der Waals surface area contributed by atoms with Crippen LogP contribution in [0.5, 0.6) is 5.75 Å². The molecule has 0 bridgehead atoms. The van der Waals surface area contributed by atoms with E-state index in [1.54, 1.807) is 36.4 Å². The first-order valence-electron chi connectivity index (χ1n) is 13.8. The Balaban J connectivity index is 1.28. The smallest absolute Gasteiger partial charge is 0.338 e. The molecular weight excluding hydrogens is 510 g/mol. The lowest BCUT2D eigenvalue weighted by molar-refractivity contribution is 0.0297. The van der Waals surface area contributed by atoms with Crippen LogP contribution in [0.3, 0.4) is 0 Å². The molecule has 0 saturated carbocycles. The van der Waals surface area contributed by atoms with E-state index in [0.717, 1.165) is 63.2 Å². The van der Waals surface area contributed by atoms with Crippen molar-refractivity contribution in [2.45, 2.75) is 56.1 Å². The molecule has 0 aliphatic rings. The third-order valence-corrected chi connectivity index (χ3v) is 7.42. The molecule has 0 spiro atoms. The summed E-state index contributed by atoms with van der Waals surface area (Å²) in [6.45, 7) is 2.60. The van der Waals surface area contributed by atoms with Crippen LogP contribution in [0.25, 0.3) is 0 Å². The zero-order valence-corrected chi connectivity index (χ0v) is 23.4. The van der Waals surface area contributed by atoms with Gasteiger partial charge in [0.05, 0.1) is 12.2 Å². The molecule has 3 rings (SSSR count). The lowest BCUT2D eigenvalue weighted by Gasteiger charge is -2.20. The predicted octanol–water partition coefficient (Wildman–Crippen LogP) is 6.52. The van der Waals surface area contributed by atoms with Crippen LogP contribution in [0, 0.1) is 0 Å². The van der Waals surface area contributed by atoms with Gasteiger partial charge in [0.1, 0.15) is 11.9 Å². The minimum absolute atomic E-state index is 0.0217. The average Bonchev–Trinajstić information content (AvgIpc) is 2.98. The number of ether oxygens (including phenoxy) is 2. The minimum Gasteiger partial charge on any atom is -0.508 e. The lowest BCUT2D eigenvalue weighted by Crippen LogP contribution is -2.26. The van der Waals surface area contributed by atoms with E-state index >= 15 is 0 Å². The number of esters is 1. The van der Waals surface area contributed by atoms with Gasteiger partial charge in [0, 0.05) is 30.2 Å². The van der Waals surface area contributed by atoms with Gasteiger partial charge in [0.2, 0.25) is 0 Å². The van der Waals surface area contributed by atoms with Crippen LogP contribution in [-0.4, -0.2) is 48.2 Å². The fourth-order valence-electron chi connectivity index (χ4n) is 4.09. The summed E-state index contributed by atoms with van der Waals surface area (Å²) in [7, 11) is 0. The van der Waals surface area contributed by atoms with E-state index in [2.05, 4.69) is 29.6 Å². The number of unbranched alkanes of at least 4 members (excludes halogenated alkanes) is 4. The highest BCUT2D eigenvalue weighted by molar-refractivity contribution is 7.99. The molecule has 3 aromatic rings. The largest absolute Gasteiger partial charge is 0.508 e. The molecule has 39 heavy (non-hydrogen) atoms. The molecule has 0 aromatic heterocycles. The standard InChI is InChI=1S/C32H41NO5S/c34-25-28-23-27(17-18-30(28)35)31(38-32(36)26-13-5-3-6-14-26)24-33-19-9-1-2-10-20-37-21-11-12-22-39-29-15-7-4-8-16-29/h3-8,13-18,23,31,33-35H,1-2,9-12,19-22,24-25H2. The highest BCUT2D eigenvalue weighted by Crippen LogP contribution is 2.25. The molecule has 210 valence electrons. The van der Waals surface area contributed by atoms with Crippen molar-refractivity contribution < 1.29 is 24.5 Å². The molecule has 0 radical (unpaired) electrons. The van der Waals surface area contributed by atoms with Crippen LogP contribution >= 0.6 is 11.8 Å². The Bertz CT molecular complexity index is 1080. The van der Waals surface area contributed by atoms with Gasteiger partial charge >= 0.3 is 5.97 Å². The molecule has 0 aliphatic heterocycles. The zero-order valence-electron chi connectivity index (χ0n) is 22.6. The van der Waals surface area contributed by atoms with Crippen LogP contribution in [0.4, 0.5) is 0 Å². The van der Waals surface area contributed by atoms with Gasteiger partial charge in [-0.05, 0) is 79.9 Å². The monoisotopic (exact) mass is 551 g/mol. The summed E-state index contributed by atoms with van der Waals surface area (Å²) in [5, 5.41) is 22.9. The third-order valence-electron chi connectivity index (χ3n) is 6.32. The normalized spacial score (nSPS) is 11.8. The molecule has 1 unspecified atom stereocenters. The van der Waals surface area contributed by atoms with Gasteiger partial charge in [-0.1, -0.05) is 55.3 Å². The van der Waals surface area contributed by atoms with Crippen molar-refractivity contribution in [2.24, 2.45) is 0 Å². The quantitative estimate of drug-likeness (QED) is 0.0888. The Kier molecular flexibility index (Phi) is 14.5. The second-order valence-electron chi connectivity index (χ2n) is 9.41. The van der Waals surface area contributed by atoms with Gasteiger partial charge in [-0.25, -0.2) is 4.79 Å². The van der Waals surface area contributed by atoms with Crippen LogP contribution in [0.1, 0.15) is 66.1 Å². The van der Waals surface area contributed by atoms with Gasteiger partial charge < -0.3 is 25.0 Å². The maximum Gasteiger partial charge on any atom is 0.338 e. The fourth-order valence-corrected chi connectivity index (χ4v) is 5.02. The topological polar surface area (TPSA) is 88.0 Å². The van der Waals surface area contributed by atoms with E-state index in [-0.39, 0.29) is 12.4 Å². The summed E-state index contributed by atoms with van der Waals surface area (Å²) in [5.41, 5.74) is 1.61. The highest BCUT2D eigenvalue weighted by atomic mass is 32.2. The van der Waals surface area contributed by atoms with Crippen LogP contribution in [-0.2, 0) is 16.1 Å². The molecule has 0 saturated heterocycles. The number of phenols is 1. The molecule has 3 aromatic carbocycles. The number of aliphatic hydroxyl groups excluding tert-OH is 1. The zero-order chi connectivity index (χ0) is 27.5. The summed E-state index contributed by atoms with van der Waals surface area (Å²) in [6, 6.07) is 24.3. The summed E-state index contributed by atoms with van der Waals surface area (Å²) >= 11 is 1.90. The first-order valence-corrected chi connectivity index (χ1v) is 14.8. The number of hydrogen-bond donors (Lipinski definition) is 3. The van der Waals surface area contributed by atoms with Gasteiger partial charge in [0.25, 0.3) is 0 Å². The number of rotatable bonds is 19. The molecule has 0 aliphatic carbocycles. The summed E-state index contributed by atoms with van der Waals surface area (Å²) < 4.78 is 11.6. The van der Waals surface area contributed by atoms with Crippen molar-refractivity contribution in [1.82, 2.24) is 5.32 Å². The van der Waals surface area contributed by atoms with Gasteiger partial charge in [0.15, 0.2) is 0 Å². The van der Waals surface area contributed by atoms with E-state index in [1.807, 2.05) is 23.9 Å². The van der Waals surface area contributed by atoms with Crippen molar-refractivity contribution in [1.29, 1.82) is 0 Å². The molecular formula is C32H41NO5S. The van der Waals surface area contributed by atoms with Crippen molar-refractivity contribution in [3.8, 4) is 5.75 Å². The van der Waals surface area contributed by atoms with E-state index in [9.17, 15) is 15.0 Å². The minimum atomic E-state index is -0.539. The van der Waals surface area contributed by atoms with E-state index in [0.29, 0.717) is 17.7 Å². The van der Waals surface area contributed by atoms with Crippen molar-refractivity contribution in [2.75, 3.05) is 32.1 Å². The van der Waals surface area contributed by atoms with Gasteiger partial charge in [-0.2, -0.15) is 0 Å². The second kappa shape index (κ2) is 18.4. The SMILES string of the molecule is O=C(OC(CNCCCCCCOCCCCSc1ccccc1)c1ccc(O)c(CO)c1)c1ccccc1. The van der Waals surface area contributed by atoms with Crippen molar-refractivity contribution in [3.05, 3.63) is 95.6 Å². The summed E-state index contributed by atoms with van der Waals surface area (Å²) in [6.07, 6.45) is 6.03. The molecule has 0 amide bonds. The number of benzene rings is 3. The highest BCUT2D eigenvalue weighted by Gasteiger charge is 2.19. The number of carbonyl (C=O) groups is 1. The Morgan fingerprint density at radius 2 is 1.54 bits per heavy atom. The van der Waals surface area contributed by atoms with Gasteiger partial charge in [-0.3, -0.25) is 0 Å². The number of carbonyl (C=O) groups excluding carboxylic acids is 1. The second-order valence-corrected chi connectivity index (χ2v) is 10.6. The summed E-state index contributed by atoms with van der Waals surface area (Å²) in [4.78, 5) is 14.0. The number of aliphatic hydroxyl groups is 1. The third kappa shape index (κ3) is 11.8. The number of aromatic hydroxyl groups is 1. The van der Waals surface area contributed by atoms with E-state index in [4.69, 9.17) is 9.47 Å². The van der Waals surface area contributed by atoms with Crippen molar-refractivity contribution in [3.63, 3.8) is 0 Å². The van der Waals surface area contributed by atoms with Crippen LogP contribution in [0.2, 0.25) is 0 Å². The Morgan fingerprint density at radius 1 is 0.846 bits per heavy atom. The van der Waals surface area contributed by atoms with E-state index < -0.39 is 12.1 Å². The molecule has 1 atom stereocenters. The maximum absolute atomic E-state index is 12.7. The fraction of sp³-hybridized carbons (Fsp3) is 0.406. The molecule has 0 fully saturated rings. The number of nitrogens with one attached hydrogen (secondary N) is 1. The summed E-state index contributed by atoms with van der Waals surface area (Å²) in [5.74, 6) is 0.742. The Morgan fingerprint density at radius 3 is 2.28 bits per heavy atom. The van der Waals surface area contributed by atoms with E-state index in [1.165, 1.54) is 17.4 Å². The van der Waals surface area contributed by atoms with Crippen LogP contribution in [0.15, 0.2) is 83.8 Å². The number of hydrogen-bond acceptors (Lipinski definition) is 7. The Labute approximate surface area is 236 Å². The van der Waals surface area contributed by atoms with Crippen LogP contribution < -0.4 is 5.32 Å². The molecule has 7 heteroatoms. The Hall–Kier alpha value is -2.84. The first kappa shape index (κ1) is 30.7. The molecule has 0 heterocycles. The van der Waals surface area contributed by atoms with Crippen molar-refractivity contribution >= 4 is 17.7 Å². The average molecular weight is 552 g/mol. The maximum atomic E-state index is 12.7. The molecule has 3 N–H and O–H groups in total. The number of thioether (sulfide) groups is 1. The molecule has 6 nitrogen and oxygen atoms in total. The lowest BCUT2D eigenvalue weighted by atomic mass is 10.0. The first-order chi connectivity index (χ1) is 19.2.